The van der Waals surface area contributed by atoms with Crippen molar-refractivity contribution in [3.05, 3.63) is 59.9 Å². The summed E-state index contributed by atoms with van der Waals surface area (Å²) in [5.74, 6) is -0.206. The molecule has 0 aromatic heterocycles. The van der Waals surface area contributed by atoms with E-state index in [0.29, 0.717) is 11.3 Å². The summed E-state index contributed by atoms with van der Waals surface area (Å²) < 4.78 is 13.6. The number of nitrogen functional groups attached to an aromatic ring is 1. The molecule has 0 saturated heterocycles. The van der Waals surface area contributed by atoms with E-state index in [9.17, 15) is 4.39 Å². The molecule has 0 fully saturated rings. The number of hydrogen-bond donors (Lipinski definition) is 2. The van der Waals surface area contributed by atoms with Gasteiger partial charge in [0.05, 0.1) is 17.4 Å². The molecule has 3 N–H and O–H groups in total. The quantitative estimate of drug-likeness (QED) is 0.791. The first kappa shape index (κ1) is 11.5. The minimum absolute atomic E-state index is 0.124. The molecule has 1 atom stereocenters. The predicted molar refractivity (Wildman–Crippen MR) is 69.3 cm³/mol. The van der Waals surface area contributed by atoms with Crippen LogP contribution in [0.4, 0.5) is 15.8 Å². The third-order valence-electron chi connectivity index (χ3n) is 2.70. The van der Waals surface area contributed by atoms with Crippen LogP contribution in [0.5, 0.6) is 0 Å². The Morgan fingerprint density at radius 3 is 2.41 bits per heavy atom. The van der Waals surface area contributed by atoms with Gasteiger partial charge in [-0.05, 0) is 25.1 Å². The van der Waals surface area contributed by atoms with Crippen LogP contribution in [0, 0.1) is 5.82 Å². The largest absolute Gasteiger partial charge is 0.397 e. The van der Waals surface area contributed by atoms with Crippen LogP contribution in [0.3, 0.4) is 0 Å². The van der Waals surface area contributed by atoms with E-state index in [4.69, 9.17) is 5.73 Å². The molecule has 0 aliphatic rings. The van der Waals surface area contributed by atoms with Gasteiger partial charge in [-0.1, -0.05) is 30.3 Å². The minimum Gasteiger partial charge on any atom is -0.397 e. The molecule has 0 aliphatic carbocycles. The van der Waals surface area contributed by atoms with Gasteiger partial charge in [-0.2, -0.15) is 0 Å². The van der Waals surface area contributed by atoms with Gasteiger partial charge in [-0.3, -0.25) is 0 Å². The zero-order valence-electron chi connectivity index (χ0n) is 9.65. The number of hydrogen-bond acceptors (Lipinski definition) is 2. The fraction of sp³-hybridized carbons (Fsp3) is 0.143. The van der Waals surface area contributed by atoms with Crippen LogP contribution in [-0.4, -0.2) is 0 Å². The van der Waals surface area contributed by atoms with Crippen LogP contribution in [0.1, 0.15) is 18.5 Å². The Labute approximate surface area is 100 Å². The topological polar surface area (TPSA) is 38.0 Å². The predicted octanol–water partition coefficient (Wildman–Crippen LogP) is 3.58. The second kappa shape index (κ2) is 4.87. The van der Waals surface area contributed by atoms with Crippen molar-refractivity contribution in [1.29, 1.82) is 0 Å². The van der Waals surface area contributed by atoms with Crippen molar-refractivity contribution < 1.29 is 4.39 Å². The highest BCUT2D eigenvalue weighted by molar-refractivity contribution is 5.66. The van der Waals surface area contributed by atoms with E-state index in [2.05, 4.69) is 5.32 Å². The lowest BCUT2D eigenvalue weighted by Gasteiger charge is -2.17. The van der Waals surface area contributed by atoms with Gasteiger partial charge in [0.15, 0.2) is 0 Å². The van der Waals surface area contributed by atoms with Crippen molar-refractivity contribution in [1.82, 2.24) is 0 Å². The highest BCUT2D eigenvalue weighted by atomic mass is 19.1. The van der Waals surface area contributed by atoms with Crippen LogP contribution >= 0.6 is 0 Å². The summed E-state index contributed by atoms with van der Waals surface area (Å²) in [4.78, 5) is 0. The first-order valence-corrected chi connectivity index (χ1v) is 5.54. The summed E-state index contributed by atoms with van der Waals surface area (Å²) in [6, 6.07) is 14.1. The molecular weight excluding hydrogens is 215 g/mol. The molecule has 0 saturated carbocycles. The second-order valence-corrected chi connectivity index (χ2v) is 3.97. The minimum atomic E-state index is -0.206. The summed E-state index contributed by atoms with van der Waals surface area (Å²) >= 11 is 0. The Kier molecular flexibility index (Phi) is 3.28. The molecule has 2 aromatic carbocycles. The molecule has 0 amide bonds. The lowest BCUT2D eigenvalue weighted by molar-refractivity contribution is 0.600. The van der Waals surface area contributed by atoms with Crippen molar-refractivity contribution >= 4 is 11.4 Å². The van der Waals surface area contributed by atoms with E-state index < -0.39 is 0 Å². The van der Waals surface area contributed by atoms with Gasteiger partial charge in [0.2, 0.25) is 0 Å². The van der Waals surface area contributed by atoms with E-state index in [0.717, 1.165) is 5.69 Å². The van der Waals surface area contributed by atoms with Gasteiger partial charge in [0.25, 0.3) is 0 Å². The summed E-state index contributed by atoms with van der Waals surface area (Å²) in [5, 5.41) is 3.20. The highest BCUT2D eigenvalue weighted by Crippen LogP contribution is 2.24. The van der Waals surface area contributed by atoms with Crippen LogP contribution in [0.25, 0.3) is 0 Å². The van der Waals surface area contributed by atoms with Gasteiger partial charge in [0, 0.05) is 5.56 Å². The summed E-state index contributed by atoms with van der Waals surface area (Å²) in [6.45, 7) is 1.91. The normalized spacial score (nSPS) is 12.1. The molecule has 0 spiro atoms. The van der Waals surface area contributed by atoms with E-state index in [1.807, 2.05) is 37.3 Å². The smallest absolute Gasteiger partial charge is 0.128 e. The Morgan fingerprint density at radius 1 is 1.06 bits per heavy atom. The number of para-hydroxylation sites is 2. The number of nitrogens with two attached hydrogens (primary N) is 1. The van der Waals surface area contributed by atoms with Crippen molar-refractivity contribution in [3.8, 4) is 0 Å². The number of benzene rings is 2. The third-order valence-corrected chi connectivity index (χ3v) is 2.70. The Balaban J connectivity index is 2.20. The molecule has 2 nitrogen and oxygen atoms in total. The molecule has 0 aliphatic heterocycles. The molecule has 2 rings (SSSR count). The third kappa shape index (κ3) is 2.56. The summed E-state index contributed by atoms with van der Waals surface area (Å²) in [6.07, 6.45) is 0. The lowest BCUT2D eigenvalue weighted by atomic mass is 10.1. The van der Waals surface area contributed by atoms with Crippen LogP contribution in [-0.2, 0) is 0 Å². The molecule has 88 valence electrons. The molecule has 3 heteroatoms. The Morgan fingerprint density at radius 2 is 1.71 bits per heavy atom. The van der Waals surface area contributed by atoms with Crippen molar-refractivity contribution in [2.75, 3.05) is 11.1 Å². The average molecular weight is 230 g/mol. The first-order chi connectivity index (χ1) is 8.18. The average Bonchev–Trinajstić information content (AvgIpc) is 2.32. The maximum atomic E-state index is 13.6. The zero-order valence-corrected chi connectivity index (χ0v) is 9.65. The molecule has 0 radical (unpaired) electrons. The van der Waals surface area contributed by atoms with Gasteiger partial charge >= 0.3 is 0 Å². The van der Waals surface area contributed by atoms with Crippen LogP contribution in [0.15, 0.2) is 48.5 Å². The van der Waals surface area contributed by atoms with Gasteiger partial charge in [-0.25, -0.2) is 4.39 Å². The van der Waals surface area contributed by atoms with Gasteiger partial charge in [-0.15, -0.1) is 0 Å². The molecule has 17 heavy (non-hydrogen) atoms. The van der Waals surface area contributed by atoms with Crippen LogP contribution in [0.2, 0.25) is 0 Å². The number of anilines is 2. The molecule has 0 bridgehead atoms. The zero-order chi connectivity index (χ0) is 12.3. The standard InChI is InChI=1S/C14H15FN2/c1-10(11-6-2-3-7-12(11)15)17-14-9-5-4-8-13(14)16/h2-10,17H,16H2,1H3. The monoisotopic (exact) mass is 230 g/mol. The van der Waals surface area contributed by atoms with E-state index >= 15 is 0 Å². The lowest BCUT2D eigenvalue weighted by Crippen LogP contribution is -2.09. The van der Waals surface area contributed by atoms with Gasteiger partial charge < -0.3 is 11.1 Å². The molecular formula is C14H15FN2. The van der Waals surface area contributed by atoms with E-state index in [-0.39, 0.29) is 11.9 Å². The Hall–Kier alpha value is -2.03. The Bertz CT molecular complexity index is 511. The summed E-state index contributed by atoms with van der Waals surface area (Å²) in [7, 11) is 0. The fourth-order valence-electron chi connectivity index (χ4n) is 1.77. The number of halogens is 1. The SMILES string of the molecule is CC(Nc1ccccc1N)c1ccccc1F. The maximum Gasteiger partial charge on any atom is 0.128 e. The van der Waals surface area contributed by atoms with Crippen molar-refractivity contribution in [2.24, 2.45) is 0 Å². The van der Waals surface area contributed by atoms with E-state index in [1.54, 1.807) is 12.1 Å². The fourth-order valence-corrected chi connectivity index (χ4v) is 1.77. The maximum absolute atomic E-state index is 13.6. The number of rotatable bonds is 3. The molecule has 2 aromatic rings. The first-order valence-electron chi connectivity index (χ1n) is 5.54. The summed E-state index contributed by atoms with van der Waals surface area (Å²) in [5.41, 5.74) is 7.95. The molecule has 0 heterocycles. The highest BCUT2D eigenvalue weighted by Gasteiger charge is 2.10. The van der Waals surface area contributed by atoms with Crippen LogP contribution < -0.4 is 11.1 Å². The second-order valence-electron chi connectivity index (χ2n) is 3.97. The molecule has 1 unspecified atom stereocenters. The van der Waals surface area contributed by atoms with E-state index in [1.165, 1.54) is 6.07 Å². The van der Waals surface area contributed by atoms with Crippen molar-refractivity contribution in [2.45, 2.75) is 13.0 Å². The number of nitrogens with one attached hydrogen (secondary N) is 1. The van der Waals surface area contributed by atoms with Gasteiger partial charge in [0.1, 0.15) is 5.82 Å². The van der Waals surface area contributed by atoms with Crippen molar-refractivity contribution in [3.63, 3.8) is 0 Å².